The summed E-state index contributed by atoms with van der Waals surface area (Å²) in [7, 11) is 0. The first-order valence-electron chi connectivity index (χ1n) is 5.63. The van der Waals surface area contributed by atoms with Crippen LogP contribution >= 0.6 is 34.7 Å². The fraction of sp³-hybridized carbons (Fsp3) is 0.727. The van der Waals surface area contributed by atoms with E-state index < -0.39 is 0 Å². The summed E-state index contributed by atoms with van der Waals surface area (Å²) in [5.41, 5.74) is 0.122. The quantitative estimate of drug-likeness (QED) is 0.520. The molecule has 0 aliphatic heterocycles. The van der Waals surface area contributed by atoms with Crippen LogP contribution in [0.5, 0.6) is 0 Å². The van der Waals surface area contributed by atoms with E-state index in [1.54, 1.807) is 10.0 Å². The van der Waals surface area contributed by atoms with Crippen LogP contribution in [0.2, 0.25) is 0 Å². The van der Waals surface area contributed by atoms with Gasteiger partial charge >= 0.3 is 0 Å². The van der Waals surface area contributed by atoms with Gasteiger partial charge in [0.15, 0.2) is 0 Å². The minimum atomic E-state index is -0.218. The van der Waals surface area contributed by atoms with Crippen molar-refractivity contribution in [3.63, 3.8) is 0 Å². The van der Waals surface area contributed by atoms with Crippen LogP contribution in [0, 0.1) is 0 Å². The topological polar surface area (TPSA) is 22.0 Å². The van der Waals surface area contributed by atoms with E-state index in [0.717, 1.165) is 25.8 Å². The average Bonchev–Trinajstić information content (AvgIpc) is 2.62. The van der Waals surface area contributed by atoms with Gasteiger partial charge in [0.05, 0.1) is 0 Å². The lowest BCUT2D eigenvalue weighted by Crippen LogP contribution is -2.11. The third-order valence-electron chi connectivity index (χ3n) is 2.43. The molecule has 0 N–H and O–H groups in total. The van der Waals surface area contributed by atoms with E-state index in [4.69, 9.17) is 23.2 Å². The van der Waals surface area contributed by atoms with E-state index in [2.05, 4.69) is 0 Å². The smallest absolute Gasteiger partial charge is 0.260 e. The maximum atomic E-state index is 11.2. The molecule has 0 aromatic carbocycles. The summed E-state index contributed by atoms with van der Waals surface area (Å²) in [6.07, 6.45) is 6.59. The Kier molecular flexibility index (Phi) is 7.17. The summed E-state index contributed by atoms with van der Waals surface area (Å²) >= 11 is 12.8. The Morgan fingerprint density at radius 3 is 2.50 bits per heavy atom. The highest BCUT2D eigenvalue weighted by Crippen LogP contribution is 2.13. The Bertz CT molecular complexity index is 335. The molecule has 0 atom stereocenters. The number of aromatic nitrogens is 1. The zero-order valence-corrected chi connectivity index (χ0v) is 11.5. The van der Waals surface area contributed by atoms with Gasteiger partial charge in [-0.05, 0) is 12.8 Å². The number of aryl methyl sites for hydroxylation is 1. The third-order valence-corrected chi connectivity index (χ3v) is 3.74. The van der Waals surface area contributed by atoms with Crippen molar-refractivity contribution in [2.24, 2.45) is 0 Å². The van der Waals surface area contributed by atoms with Crippen molar-refractivity contribution < 1.29 is 0 Å². The van der Waals surface area contributed by atoms with Crippen LogP contribution in [-0.2, 0) is 6.54 Å². The third kappa shape index (κ3) is 5.92. The van der Waals surface area contributed by atoms with Crippen LogP contribution in [-0.4, -0.2) is 8.79 Å². The standard InChI is InChI=1S/C11H17Cl2NOS/c12-10(13)6-4-2-1-3-5-8-14-11(15)7-9-16-14/h7,9-10H,1-6,8H2. The molecule has 5 heteroatoms. The van der Waals surface area contributed by atoms with Crippen molar-refractivity contribution in [1.29, 1.82) is 0 Å². The van der Waals surface area contributed by atoms with Gasteiger partial charge in [0.2, 0.25) is 0 Å². The molecule has 1 aromatic rings. The van der Waals surface area contributed by atoms with E-state index in [1.165, 1.54) is 30.8 Å². The molecule has 0 saturated carbocycles. The SMILES string of the molecule is O=c1ccsn1CCCCCCCC(Cl)Cl. The van der Waals surface area contributed by atoms with E-state index in [0.29, 0.717) is 0 Å². The van der Waals surface area contributed by atoms with Gasteiger partial charge in [-0.2, -0.15) is 0 Å². The summed E-state index contributed by atoms with van der Waals surface area (Å²) in [4.78, 5) is 11.0. The number of unbranched alkanes of at least 4 members (excludes halogenated alkanes) is 4. The van der Waals surface area contributed by atoms with Crippen LogP contribution in [0.3, 0.4) is 0 Å². The Balaban J connectivity index is 1.97. The van der Waals surface area contributed by atoms with Gasteiger partial charge < -0.3 is 0 Å². The van der Waals surface area contributed by atoms with Crippen LogP contribution in [0.1, 0.15) is 38.5 Å². The zero-order chi connectivity index (χ0) is 11.8. The maximum Gasteiger partial charge on any atom is 0.260 e. The molecule has 0 unspecified atom stereocenters. The average molecular weight is 282 g/mol. The maximum absolute atomic E-state index is 11.2. The van der Waals surface area contributed by atoms with E-state index in [1.807, 2.05) is 5.38 Å². The molecule has 16 heavy (non-hydrogen) atoms. The van der Waals surface area contributed by atoms with Crippen molar-refractivity contribution in [3.05, 3.63) is 21.8 Å². The fourth-order valence-corrected chi connectivity index (χ4v) is 2.58. The normalized spacial score (nSPS) is 11.2. The lowest BCUT2D eigenvalue weighted by molar-refractivity contribution is 0.567. The lowest BCUT2D eigenvalue weighted by Gasteiger charge is -2.02. The van der Waals surface area contributed by atoms with Crippen LogP contribution in [0.4, 0.5) is 0 Å². The highest BCUT2D eigenvalue weighted by atomic mass is 35.5. The molecule has 0 aliphatic rings. The Morgan fingerprint density at radius 2 is 1.88 bits per heavy atom. The van der Waals surface area contributed by atoms with E-state index in [9.17, 15) is 4.79 Å². The second-order valence-electron chi connectivity index (χ2n) is 3.80. The molecule has 1 heterocycles. The second-order valence-corrected chi connectivity index (χ2v) is 6.00. The highest BCUT2D eigenvalue weighted by molar-refractivity contribution is 7.04. The Labute approximate surface area is 110 Å². The van der Waals surface area contributed by atoms with Gasteiger partial charge in [0, 0.05) is 18.0 Å². The second kappa shape index (κ2) is 8.15. The van der Waals surface area contributed by atoms with Gasteiger partial charge in [-0.25, -0.2) is 0 Å². The molecule has 1 aromatic heterocycles. The van der Waals surface area contributed by atoms with Gasteiger partial charge in [-0.3, -0.25) is 8.75 Å². The van der Waals surface area contributed by atoms with Gasteiger partial charge in [-0.1, -0.05) is 37.2 Å². The van der Waals surface area contributed by atoms with Crippen LogP contribution in [0.15, 0.2) is 16.2 Å². The lowest BCUT2D eigenvalue weighted by atomic mass is 10.1. The van der Waals surface area contributed by atoms with E-state index in [-0.39, 0.29) is 10.4 Å². The number of rotatable bonds is 8. The number of nitrogens with zero attached hydrogens (tertiary/aromatic N) is 1. The number of alkyl halides is 2. The van der Waals surface area contributed by atoms with Gasteiger partial charge in [-0.15, -0.1) is 23.2 Å². The van der Waals surface area contributed by atoms with E-state index >= 15 is 0 Å². The fourth-order valence-electron chi connectivity index (χ4n) is 1.54. The Hall–Kier alpha value is 0.01000. The van der Waals surface area contributed by atoms with Gasteiger partial charge in [0.1, 0.15) is 4.84 Å². The molecule has 0 amide bonds. The summed E-state index contributed by atoms with van der Waals surface area (Å²) in [6, 6.07) is 1.62. The van der Waals surface area contributed by atoms with Crippen molar-refractivity contribution in [2.75, 3.05) is 0 Å². The molecule has 0 saturated heterocycles. The number of hydrogen-bond donors (Lipinski definition) is 0. The van der Waals surface area contributed by atoms with Crippen molar-refractivity contribution >= 4 is 34.7 Å². The molecule has 0 bridgehead atoms. The van der Waals surface area contributed by atoms with Crippen molar-refractivity contribution in [1.82, 2.24) is 3.96 Å². The largest absolute Gasteiger partial charge is 0.268 e. The summed E-state index contributed by atoms with van der Waals surface area (Å²) < 4.78 is 1.80. The molecule has 0 spiro atoms. The summed E-state index contributed by atoms with van der Waals surface area (Å²) in [5.74, 6) is 0. The molecule has 92 valence electrons. The summed E-state index contributed by atoms with van der Waals surface area (Å²) in [5, 5.41) is 1.84. The Morgan fingerprint density at radius 1 is 1.19 bits per heavy atom. The predicted molar refractivity (Wildman–Crippen MR) is 71.8 cm³/mol. The minimum Gasteiger partial charge on any atom is -0.268 e. The first-order valence-corrected chi connectivity index (χ1v) is 7.34. The monoisotopic (exact) mass is 281 g/mol. The molecule has 0 aliphatic carbocycles. The molecular formula is C11H17Cl2NOS. The van der Waals surface area contributed by atoms with Crippen molar-refractivity contribution in [3.8, 4) is 0 Å². The minimum absolute atomic E-state index is 0.122. The zero-order valence-electron chi connectivity index (χ0n) is 9.20. The summed E-state index contributed by atoms with van der Waals surface area (Å²) in [6.45, 7) is 0.851. The predicted octanol–water partition coefficient (Wildman–Crippen LogP) is 4.05. The van der Waals surface area contributed by atoms with Gasteiger partial charge in [0.25, 0.3) is 5.56 Å². The molecule has 1 rings (SSSR count). The van der Waals surface area contributed by atoms with Crippen LogP contribution < -0.4 is 5.56 Å². The molecule has 0 radical (unpaired) electrons. The number of hydrogen-bond acceptors (Lipinski definition) is 2. The molecule has 2 nitrogen and oxygen atoms in total. The first kappa shape index (κ1) is 14.1. The molecular weight excluding hydrogens is 265 g/mol. The van der Waals surface area contributed by atoms with Crippen LogP contribution in [0.25, 0.3) is 0 Å². The highest BCUT2D eigenvalue weighted by Gasteiger charge is 1.99. The molecule has 0 fully saturated rings. The number of halogens is 2. The van der Waals surface area contributed by atoms with Crippen molar-refractivity contribution in [2.45, 2.75) is 49.9 Å². The first-order chi connectivity index (χ1) is 7.70.